The Morgan fingerprint density at radius 3 is 2.42 bits per heavy atom. The number of benzene rings is 1. The number of primary amides is 1. The maximum Gasteiger partial charge on any atom is 0.251 e. The van der Waals surface area contributed by atoms with Crippen LogP contribution in [0.4, 0.5) is 5.69 Å². The van der Waals surface area contributed by atoms with Gasteiger partial charge >= 0.3 is 0 Å². The van der Waals surface area contributed by atoms with Crippen molar-refractivity contribution in [3.63, 3.8) is 0 Å². The molecule has 0 saturated carbocycles. The van der Waals surface area contributed by atoms with Crippen LogP contribution in [0.15, 0.2) is 58.6 Å². The number of fused-ring (bicyclic) bond motifs is 1. The van der Waals surface area contributed by atoms with E-state index in [1.165, 1.54) is 0 Å². The van der Waals surface area contributed by atoms with Crippen molar-refractivity contribution < 1.29 is 14.7 Å². The van der Waals surface area contributed by atoms with Gasteiger partial charge in [-0.1, -0.05) is 44.5 Å². The summed E-state index contributed by atoms with van der Waals surface area (Å²) in [6.07, 6.45) is 6.27. The minimum Gasteiger partial charge on any atom is -0.396 e. The molecule has 36 heavy (non-hydrogen) atoms. The minimum absolute atomic E-state index is 0.0304. The molecule has 0 unspecified atom stereocenters. The van der Waals surface area contributed by atoms with E-state index in [2.05, 4.69) is 48.8 Å². The number of anilines is 1. The maximum atomic E-state index is 13.0. The number of aliphatic hydroxyl groups is 1. The van der Waals surface area contributed by atoms with E-state index in [1.807, 2.05) is 17.0 Å². The molecule has 194 valence electrons. The molecule has 0 atom stereocenters. The summed E-state index contributed by atoms with van der Waals surface area (Å²) in [5.74, 6) is 0.644. The van der Waals surface area contributed by atoms with Crippen LogP contribution < -0.4 is 10.6 Å². The fourth-order valence-corrected chi connectivity index (χ4v) is 5.59. The summed E-state index contributed by atoms with van der Waals surface area (Å²) in [5, 5.41) is 9.98. The number of para-hydroxylation sites is 1. The van der Waals surface area contributed by atoms with Gasteiger partial charge in [0, 0.05) is 45.3 Å². The van der Waals surface area contributed by atoms with E-state index in [9.17, 15) is 14.7 Å². The first-order valence-corrected chi connectivity index (χ1v) is 13.1. The zero-order chi connectivity index (χ0) is 26.0. The smallest absolute Gasteiger partial charge is 0.251 e. The molecule has 3 aliphatic heterocycles. The highest BCUT2D eigenvalue weighted by Gasteiger charge is 2.41. The number of aliphatic hydroxyl groups excluding tert-OH is 1. The molecule has 1 aromatic carbocycles. The number of likely N-dealkylation sites (tertiary alicyclic amines) is 2. The van der Waals surface area contributed by atoms with Crippen molar-refractivity contribution in [2.75, 3.05) is 37.7 Å². The summed E-state index contributed by atoms with van der Waals surface area (Å²) in [6, 6.07) is 8.21. The Morgan fingerprint density at radius 2 is 1.83 bits per heavy atom. The summed E-state index contributed by atoms with van der Waals surface area (Å²) < 4.78 is 0. The van der Waals surface area contributed by atoms with E-state index in [4.69, 9.17) is 5.73 Å². The third-order valence-corrected chi connectivity index (χ3v) is 7.95. The number of carbonyl (C=O) groups excluding carboxylic acids is 2. The van der Waals surface area contributed by atoms with Gasteiger partial charge in [-0.15, -0.1) is 0 Å². The topological polar surface area (TPSA) is 90.1 Å². The lowest BCUT2D eigenvalue weighted by Gasteiger charge is -2.48. The molecule has 0 aliphatic carbocycles. The molecule has 7 nitrogen and oxygen atoms in total. The Balaban J connectivity index is 1.98. The molecule has 2 amide bonds. The Bertz CT molecular complexity index is 1130. The molecule has 0 spiro atoms. The maximum absolute atomic E-state index is 13.0. The first-order chi connectivity index (χ1) is 17.2. The van der Waals surface area contributed by atoms with Crippen LogP contribution in [0, 0.1) is 12.3 Å². The van der Waals surface area contributed by atoms with Crippen molar-refractivity contribution in [3.05, 3.63) is 64.1 Å². The van der Waals surface area contributed by atoms with Crippen LogP contribution in [-0.2, 0) is 9.59 Å². The van der Waals surface area contributed by atoms with Crippen molar-refractivity contribution in [2.24, 2.45) is 11.1 Å². The first-order valence-electron chi connectivity index (χ1n) is 13.1. The van der Waals surface area contributed by atoms with Crippen LogP contribution in [0.3, 0.4) is 0 Å². The number of piperidine rings is 2. The predicted octanol–water partition coefficient (Wildman–Crippen LogP) is 3.84. The zero-order valence-electron chi connectivity index (χ0n) is 22.1. The number of amides is 2. The number of allylic oxidation sites excluding steroid dienone is 1. The third-order valence-electron chi connectivity index (χ3n) is 7.95. The van der Waals surface area contributed by atoms with Crippen LogP contribution in [0.5, 0.6) is 0 Å². The molecule has 1 aromatic rings. The number of carbonyl (C=O) groups is 2. The predicted molar refractivity (Wildman–Crippen MR) is 143 cm³/mol. The van der Waals surface area contributed by atoms with Gasteiger partial charge in [0.15, 0.2) is 0 Å². The average Bonchev–Trinajstić information content (AvgIpc) is 2.87. The Labute approximate surface area is 214 Å². The summed E-state index contributed by atoms with van der Waals surface area (Å²) in [6.45, 7) is 10.7. The molecule has 0 bridgehead atoms. The minimum atomic E-state index is -0.426. The van der Waals surface area contributed by atoms with Gasteiger partial charge in [-0.25, -0.2) is 0 Å². The number of unbranched alkanes of at least 4 members (excludes halogenated alkanes) is 1. The second kappa shape index (κ2) is 10.5. The van der Waals surface area contributed by atoms with Gasteiger partial charge in [0.1, 0.15) is 5.82 Å². The van der Waals surface area contributed by atoms with E-state index in [-0.39, 0.29) is 17.9 Å². The van der Waals surface area contributed by atoms with Gasteiger partial charge in [-0.2, -0.15) is 0 Å². The van der Waals surface area contributed by atoms with Gasteiger partial charge < -0.3 is 20.6 Å². The Hall–Kier alpha value is -3.06. The number of nitrogens with two attached hydrogens (primary N) is 1. The van der Waals surface area contributed by atoms with Crippen molar-refractivity contribution >= 4 is 17.5 Å². The standard InChI is InChI=1S/C29H40N4O3/c1-5-6-10-25-26(27(30)36)22-12-15-32(21(3)35)18-23(22)28(31-16-13-29(4,19-34)14-17-31)33(25)24-11-8-7-9-20(24)2/h7-11,34H,5-6,12-19H2,1-4H3,(H2,30,36)/b25-10+. The van der Waals surface area contributed by atoms with Crippen LogP contribution in [0.25, 0.3) is 0 Å². The summed E-state index contributed by atoms with van der Waals surface area (Å²) >= 11 is 0. The highest BCUT2D eigenvalue weighted by molar-refractivity contribution is 6.01. The SMILES string of the molecule is CCC/C=C1\C(C(N)=O)=C2CCN(C(C)=O)CC2=C(N2CCC(C)(CO)CC2)N1c1ccccc1C. The lowest BCUT2D eigenvalue weighted by molar-refractivity contribution is -0.128. The van der Waals surface area contributed by atoms with E-state index >= 15 is 0 Å². The Kier molecular flexibility index (Phi) is 7.59. The molecule has 0 radical (unpaired) electrons. The number of hydrogen-bond donors (Lipinski definition) is 2. The molecule has 3 aliphatic rings. The van der Waals surface area contributed by atoms with Gasteiger partial charge in [0.2, 0.25) is 5.91 Å². The van der Waals surface area contributed by atoms with Crippen LogP contribution in [0.1, 0.15) is 58.4 Å². The van der Waals surface area contributed by atoms with E-state index in [1.54, 1.807) is 6.92 Å². The molecular weight excluding hydrogens is 452 g/mol. The normalized spacial score (nSPS) is 21.2. The average molecular weight is 493 g/mol. The Morgan fingerprint density at radius 1 is 1.14 bits per heavy atom. The van der Waals surface area contributed by atoms with Crippen LogP contribution >= 0.6 is 0 Å². The third kappa shape index (κ3) is 4.81. The van der Waals surface area contributed by atoms with E-state index in [0.717, 1.165) is 72.7 Å². The lowest BCUT2D eigenvalue weighted by Crippen LogP contribution is -2.49. The van der Waals surface area contributed by atoms with Gasteiger partial charge in [-0.3, -0.25) is 14.5 Å². The fraction of sp³-hybridized carbons (Fsp3) is 0.517. The zero-order valence-corrected chi connectivity index (χ0v) is 22.1. The highest BCUT2D eigenvalue weighted by Crippen LogP contribution is 2.45. The summed E-state index contributed by atoms with van der Waals surface area (Å²) in [4.78, 5) is 31.9. The first kappa shape index (κ1) is 26.0. The number of aryl methyl sites for hydroxylation is 1. The molecule has 0 aromatic heterocycles. The molecule has 4 rings (SSSR count). The van der Waals surface area contributed by atoms with Crippen molar-refractivity contribution in [3.8, 4) is 0 Å². The van der Waals surface area contributed by atoms with Crippen molar-refractivity contribution in [2.45, 2.75) is 59.8 Å². The van der Waals surface area contributed by atoms with Crippen LogP contribution in [0.2, 0.25) is 0 Å². The van der Waals surface area contributed by atoms with Gasteiger partial charge in [0.05, 0.1) is 17.0 Å². The molecule has 3 N–H and O–H groups in total. The highest BCUT2D eigenvalue weighted by atomic mass is 16.3. The summed E-state index contributed by atoms with van der Waals surface area (Å²) in [7, 11) is 0. The monoisotopic (exact) mass is 492 g/mol. The summed E-state index contributed by atoms with van der Waals surface area (Å²) in [5.41, 5.74) is 11.5. The fourth-order valence-electron chi connectivity index (χ4n) is 5.59. The van der Waals surface area contributed by atoms with Crippen molar-refractivity contribution in [1.82, 2.24) is 9.80 Å². The van der Waals surface area contributed by atoms with Gasteiger partial charge in [0.25, 0.3) is 5.91 Å². The second-order valence-electron chi connectivity index (χ2n) is 10.7. The molecule has 3 heterocycles. The molecule has 7 heteroatoms. The lowest BCUT2D eigenvalue weighted by atomic mass is 9.80. The quantitative estimate of drug-likeness (QED) is 0.630. The largest absolute Gasteiger partial charge is 0.396 e. The number of hydrogen-bond acceptors (Lipinski definition) is 5. The van der Waals surface area contributed by atoms with Gasteiger partial charge in [-0.05, 0) is 55.2 Å². The van der Waals surface area contributed by atoms with E-state index in [0.29, 0.717) is 25.1 Å². The van der Waals surface area contributed by atoms with E-state index < -0.39 is 5.91 Å². The van der Waals surface area contributed by atoms with Crippen LogP contribution in [-0.4, -0.2) is 59.5 Å². The second-order valence-corrected chi connectivity index (χ2v) is 10.7. The molecule has 2 fully saturated rings. The van der Waals surface area contributed by atoms with Crippen molar-refractivity contribution in [1.29, 1.82) is 0 Å². The molecule has 2 saturated heterocycles. The molecular formula is C29H40N4O3. The number of rotatable bonds is 6. The number of nitrogens with zero attached hydrogens (tertiary/aromatic N) is 3.